The molecular formula is C11H9N3O4S2. The molecule has 0 saturated carbocycles. The summed E-state index contributed by atoms with van der Waals surface area (Å²) in [6.45, 7) is 0. The van der Waals surface area contributed by atoms with Gasteiger partial charge in [0.2, 0.25) is 5.91 Å². The van der Waals surface area contributed by atoms with Crippen molar-refractivity contribution in [3.63, 3.8) is 0 Å². The number of benzene rings is 1. The Kier molecular flexibility index (Phi) is 4.74. The highest BCUT2D eigenvalue weighted by Crippen LogP contribution is 2.23. The average molecular weight is 311 g/mol. The Morgan fingerprint density at radius 1 is 1.45 bits per heavy atom. The van der Waals surface area contributed by atoms with E-state index in [1.54, 1.807) is 0 Å². The van der Waals surface area contributed by atoms with E-state index >= 15 is 0 Å². The first kappa shape index (κ1) is 14.5. The lowest BCUT2D eigenvalue weighted by Crippen LogP contribution is -2.14. The third-order valence-corrected chi connectivity index (χ3v) is 4.41. The number of amides is 2. The second-order valence-corrected chi connectivity index (χ2v) is 5.89. The van der Waals surface area contributed by atoms with E-state index in [4.69, 9.17) is 0 Å². The third kappa shape index (κ3) is 4.07. The summed E-state index contributed by atoms with van der Waals surface area (Å²) >= 11 is 2.51. The number of carbonyl (C=O) groups is 2. The number of nitrogens with one attached hydrogen (secondary N) is 1. The molecule has 1 heterocycles. The monoisotopic (exact) mass is 311 g/mol. The van der Waals surface area contributed by atoms with Crippen LogP contribution in [0.25, 0.3) is 0 Å². The highest BCUT2D eigenvalue weighted by molar-refractivity contribution is 8.39. The van der Waals surface area contributed by atoms with Crippen molar-refractivity contribution in [3.05, 3.63) is 34.4 Å². The fraction of sp³-hybridized carbons (Fsp3) is 0.182. The highest BCUT2D eigenvalue weighted by Gasteiger charge is 2.16. The van der Waals surface area contributed by atoms with Gasteiger partial charge in [0, 0.05) is 17.8 Å². The predicted octanol–water partition coefficient (Wildman–Crippen LogP) is 1.90. The van der Waals surface area contributed by atoms with Gasteiger partial charge in [0.05, 0.1) is 16.4 Å². The second kappa shape index (κ2) is 6.53. The Hall–Kier alpha value is -1.87. The molecule has 1 N–H and O–H groups in total. The summed E-state index contributed by atoms with van der Waals surface area (Å²) in [5.74, 6) is 0.0161. The van der Waals surface area contributed by atoms with Gasteiger partial charge in [0.25, 0.3) is 11.6 Å². The molecule has 0 aromatic heterocycles. The largest absolute Gasteiger partial charge is 0.325 e. The number of hydrogen-bond acceptors (Lipinski definition) is 6. The fourth-order valence-electron chi connectivity index (χ4n) is 1.35. The van der Waals surface area contributed by atoms with E-state index in [1.165, 1.54) is 47.8 Å². The van der Waals surface area contributed by atoms with Crippen molar-refractivity contribution in [2.45, 2.75) is 0 Å². The van der Waals surface area contributed by atoms with Crippen LogP contribution in [0.3, 0.4) is 0 Å². The number of anilines is 1. The molecule has 2 amide bonds. The van der Waals surface area contributed by atoms with Gasteiger partial charge in [-0.3, -0.25) is 19.7 Å². The molecule has 0 saturated heterocycles. The van der Waals surface area contributed by atoms with Gasteiger partial charge < -0.3 is 5.32 Å². The predicted molar refractivity (Wildman–Crippen MR) is 79.1 cm³/mol. The quantitative estimate of drug-likeness (QED) is 0.673. The molecule has 20 heavy (non-hydrogen) atoms. The summed E-state index contributed by atoms with van der Waals surface area (Å²) in [5.41, 5.74) is 0.450. The van der Waals surface area contributed by atoms with Crippen molar-refractivity contribution in [1.29, 1.82) is 0 Å². The number of rotatable bonds is 4. The molecule has 0 atom stereocenters. The van der Waals surface area contributed by atoms with Crippen LogP contribution in [0.15, 0.2) is 29.3 Å². The Morgan fingerprint density at radius 2 is 2.15 bits per heavy atom. The summed E-state index contributed by atoms with van der Waals surface area (Å²) in [6, 6.07) is 5.56. The molecule has 2 rings (SSSR count). The Morgan fingerprint density at radius 3 is 2.70 bits per heavy atom. The van der Waals surface area contributed by atoms with E-state index in [1.807, 2.05) is 0 Å². The van der Waals surface area contributed by atoms with Crippen molar-refractivity contribution in [2.75, 3.05) is 16.8 Å². The van der Waals surface area contributed by atoms with Crippen LogP contribution in [0.2, 0.25) is 0 Å². The topological polar surface area (TPSA) is 102 Å². The third-order valence-electron chi connectivity index (χ3n) is 2.22. The fourth-order valence-corrected chi connectivity index (χ4v) is 3.01. The molecule has 1 aliphatic rings. The molecule has 1 aromatic rings. The SMILES string of the molecule is O=C1CSC(SCC(=O)Nc2ccc([N+](=O)[O-])cc2)=N1. The number of thioether (sulfide) groups is 2. The van der Waals surface area contributed by atoms with E-state index in [2.05, 4.69) is 10.3 Å². The van der Waals surface area contributed by atoms with Crippen LogP contribution in [0.5, 0.6) is 0 Å². The molecule has 0 unspecified atom stereocenters. The maximum Gasteiger partial charge on any atom is 0.269 e. The van der Waals surface area contributed by atoms with E-state index < -0.39 is 4.92 Å². The van der Waals surface area contributed by atoms with Crippen LogP contribution >= 0.6 is 23.5 Å². The number of nitrogens with zero attached hydrogens (tertiary/aromatic N) is 2. The first-order valence-corrected chi connectivity index (χ1v) is 7.43. The van der Waals surface area contributed by atoms with Crippen molar-refractivity contribution in [1.82, 2.24) is 0 Å². The van der Waals surface area contributed by atoms with Crippen LogP contribution in [0.4, 0.5) is 11.4 Å². The molecule has 1 aliphatic heterocycles. The number of non-ortho nitro benzene ring substituents is 1. The molecule has 1 aromatic carbocycles. The van der Waals surface area contributed by atoms with Crippen molar-refractivity contribution >= 4 is 51.1 Å². The van der Waals surface area contributed by atoms with Gasteiger partial charge in [-0.15, -0.1) is 0 Å². The minimum absolute atomic E-state index is 0.0346. The van der Waals surface area contributed by atoms with Crippen LogP contribution in [-0.2, 0) is 9.59 Å². The first-order chi connectivity index (χ1) is 9.54. The van der Waals surface area contributed by atoms with E-state index in [9.17, 15) is 19.7 Å². The number of nitro benzene ring substituents is 1. The molecule has 0 fully saturated rings. The van der Waals surface area contributed by atoms with Gasteiger partial charge in [-0.2, -0.15) is 4.99 Å². The van der Waals surface area contributed by atoms with Crippen LogP contribution in [0, 0.1) is 10.1 Å². The molecular weight excluding hydrogens is 302 g/mol. The molecule has 104 valence electrons. The van der Waals surface area contributed by atoms with Crippen molar-refractivity contribution < 1.29 is 14.5 Å². The summed E-state index contributed by atoms with van der Waals surface area (Å²) in [4.78, 5) is 36.3. The Balaban J connectivity index is 1.83. The minimum Gasteiger partial charge on any atom is -0.325 e. The van der Waals surface area contributed by atoms with Crippen LogP contribution < -0.4 is 5.32 Å². The number of hydrogen-bond donors (Lipinski definition) is 1. The standard InChI is InChI=1S/C11H9N3O4S2/c15-9(5-19-11-13-10(16)6-20-11)12-7-1-3-8(4-2-7)14(17)18/h1-4H,5-6H2,(H,12,15). The Bertz CT molecular complexity index is 586. The maximum atomic E-state index is 11.7. The van der Waals surface area contributed by atoms with Gasteiger partial charge in [-0.25, -0.2) is 0 Å². The zero-order valence-electron chi connectivity index (χ0n) is 10.1. The van der Waals surface area contributed by atoms with Crippen LogP contribution in [-0.4, -0.2) is 32.6 Å². The zero-order chi connectivity index (χ0) is 14.5. The molecule has 7 nitrogen and oxygen atoms in total. The van der Waals surface area contributed by atoms with Gasteiger partial charge in [0.15, 0.2) is 0 Å². The lowest BCUT2D eigenvalue weighted by Gasteiger charge is -2.04. The Labute approximate surface area is 122 Å². The van der Waals surface area contributed by atoms with Crippen molar-refractivity contribution in [2.24, 2.45) is 4.99 Å². The highest BCUT2D eigenvalue weighted by atomic mass is 32.2. The average Bonchev–Trinajstić information content (AvgIpc) is 2.83. The molecule has 0 spiro atoms. The van der Waals surface area contributed by atoms with Gasteiger partial charge in [-0.1, -0.05) is 23.5 Å². The smallest absolute Gasteiger partial charge is 0.269 e. The van der Waals surface area contributed by atoms with Gasteiger partial charge in [0.1, 0.15) is 4.38 Å². The number of aliphatic imine (C=N–C) groups is 1. The van der Waals surface area contributed by atoms with E-state index in [0.29, 0.717) is 15.8 Å². The number of carbonyl (C=O) groups excluding carboxylic acids is 2. The van der Waals surface area contributed by atoms with Crippen molar-refractivity contribution in [3.8, 4) is 0 Å². The van der Waals surface area contributed by atoms with Crippen LogP contribution in [0.1, 0.15) is 0 Å². The van der Waals surface area contributed by atoms with Gasteiger partial charge >= 0.3 is 0 Å². The summed E-state index contributed by atoms with van der Waals surface area (Å²) < 4.78 is 0.592. The van der Waals surface area contributed by atoms with Gasteiger partial charge in [-0.05, 0) is 12.1 Å². The number of nitro groups is 1. The summed E-state index contributed by atoms with van der Waals surface area (Å²) in [7, 11) is 0. The molecule has 9 heteroatoms. The molecule has 0 radical (unpaired) electrons. The second-order valence-electron chi connectivity index (χ2n) is 3.70. The summed E-state index contributed by atoms with van der Waals surface area (Å²) in [6.07, 6.45) is 0. The lowest BCUT2D eigenvalue weighted by atomic mass is 10.3. The summed E-state index contributed by atoms with van der Waals surface area (Å²) in [5, 5.41) is 13.1. The normalized spacial score (nSPS) is 14.0. The molecule has 0 aliphatic carbocycles. The lowest BCUT2D eigenvalue weighted by molar-refractivity contribution is -0.384. The zero-order valence-corrected chi connectivity index (χ0v) is 11.7. The molecule has 0 bridgehead atoms. The first-order valence-electron chi connectivity index (χ1n) is 5.46. The maximum absolute atomic E-state index is 11.7. The minimum atomic E-state index is -0.506. The van der Waals surface area contributed by atoms with E-state index in [0.717, 1.165) is 0 Å². The van der Waals surface area contributed by atoms with E-state index in [-0.39, 0.29) is 23.3 Å².